The number of ether oxygens (including phenoxy) is 1. The molecule has 7 nitrogen and oxygen atoms in total. The third-order valence-electron chi connectivity index (χ3n) is 5.08. The lowest BCUT2D eigenvalue weighted by atomic mass is 10.0. The highest BCUT2D eigenvalue weighted by Gasteiger charge is 2.23. The molecule has 0 aliphatic carbocycles. The zero-order valence-electron chi connectivity index (χ0n) is 18.4. The van der Waals surface area contributed by atoms with Gasteiger partial charge in [0.2, 0.25) is 5.91 Å². The molecule has 0 bridgehead atoms. The van der Waals surface area contributed by atoms with Crippen molar-refractivity contribution in [2.75, 3.05) is 52.5 Å². The highest BCUT2D eigenvalue weighted by Crippen LogP contribution is 2.13. The summed E-state index contributed by atoms with van der Waals surface area (Å²) in [5.74, 6) is 0.870. The van der Waals surface area contributed by atoms with E-state index in [1.54, 1.807) is 12.1 Å². The van der Waals surface area contributed by atoms with Gasteiger partial charge in [0.1, 0.15) is 5.82 Å². The standard InChI is InChI=1S/C22H36FN5O2/c1-4-24-22(27-16-20(17(2)3)28-11-13-30-14-12-28)26-10-9-25-21(29)15-18-5-7-19(23)8-6-18/h5-8,17,20H,4,9-16H2,1-3H3,(H,25,29)(H2,24,26,27). The summed E-state index contributed by atoms with van der Waals surface area (Å²) in [6.45, 7) is 12.5. The first kappa shape index (κ1) is 24.1. The van der Waals surface area contributed by atoms with Crippen molar-refractivity contribution in [1.82, 2.24) is 20.9 Å². The molecule has 0 aromatic heterocycles. The topological polar surface area (TPSA) is 78.0 Å². The molecule has 1 atom stereocenters. The van der Waals surface area contributed by atoms with Crippen molar-refractivity contribution in [2.24, 2.45) is 10.9 Å². The van der Waals surface area contributed by atoms with Gasteiger partial charge in [-0.15, -0.1) is 0 Å². The Morgan fingerprint density at radius 3 is 2.43 bits per heavy atom. The molecule has 1 unspecified atom stereocenters. The van der Waals surface area contributed by atoms with E-state index >= 15 is 0 Å². The minimum absolute atomic E-state index is 0.0856. The summed E-state index contributed by atoms with van der Waals surface area (Å²) in [5, 5.41) is 9.41. The number of hydrogen-bond donors (Lipinski definition) is 3. The number of aliphatic imine (C=N–C) groups is 1. The highest BCUT2D eigenvalue weighted by molar-refractivity contribution is 5.80. The highest BCUT2D eigenvalue weighted by atomic mass is 19.1. The van der Waals surface area contributed by atoms with Gasteiger partial charge in [-0.1, -0.05) is 26.0 Å². The average molecular weight is 422 g/mol. The Balaban J connectivity index is 1.76. The molecule has 1 fully saturated rings. The maximum atomic E-state index is 12.9. The Morgan fingerprint density at radius 1 is 1.13 bits per heavy atom. The van der Waals surface area contributed by atoms with Gasteiger partial charge in [-0.3, -0.25) is 14.7 Å². The third-order valence-corrected chi connectivity index (χ3v) is 5.08. The summed E-state index contributed by atoms with van der Waals surface area (Å²) in [6.07, 6.45) is 0.240. The molecular weight excluding hydrogens is 385 g/mol. The van der Waals surface area contributed by atoms with Crippen LogP contribution in [0.15, 0.2) is 29.3 Å². The van der Waals surface area contributed by atoms with Crippen molar-refractivity contribution >= 4 is 11.9 Å². The molecule has 1 aromatic rings. The monoisotopic (exact) mass is 421 g/mol. The number of carbonyl (C=O) groups excluding carboxylic acids is 1. The van der Waals surface area contributed by atoms with E-state index in [0.29, 0.717) is 31.6 Å². The number of hydrogen-bond acceptors (Lipinski definition) is 4. The first-order valence-corrected chi connectivity index (χ1v) is 10.8. The minimum Gasteiger partial charge on any atom is -0.379 e. The molecule has 3 N–H and O–H groups in total. The molecule has 2 rings (SSSR count). The van der Waals surface area contributed by atoms with E-state index in [-0.39, 0.29) is 18.1 Å². The van der Waals surface area contributed by atoms with Crippen LogP contribution in [0.2, 0.25) is 0 Å². The Hall–Kier alpha value is -2.19. The van der Waals surface area contributed by atoms with Crippen molar-refractivity contribution in [1.29, 1.82) is 0 Å². The van der Waals surface area contributed by atoms with Crippen LogP contribution in [0.3, 0.4) is 0 Å². The quantitative estimate of drug-likeness (QED) is 0.302. The number of nitrogens with zero attached hydrogens (tertiary/aromatic N) is 2. The van der Waals surface area contributed by atoms with Crippen LogP contribution in [0.5, 0.6) is 0 Å². The van der Waals surface area contributed by atoms with Gasteiger partial charge in [-0.25, -0.2) is 4.39 Å². The summed E-state index contributed by atoms with van der Waals surface area (Å²) >= 11 is 0. The SMILES string of the molecule is CCNC(=NCC(C(C)C)N1CCOCC1)NCCNC(=O)Cc1ccc(F)cc1. The van der Waals surface area contributed by atoms with E-state index in [1.165, 1.54) is 12.1 Å². The Labute approximate surface area is 179 Å². The zero-order chi connectivity index (χ0) is 21.8. The zero-order valence-corrected chi connectivity index (χ0v) is 18.4. The van der Waals surface area contributed by atoms with Crippen LogP contribution in [0.4, 0.5) is 4.39 Å². The predicted molar refractivity (Wildman–Crippen MR) is 118 cm³/mol. The van der Waals surface area contributed by atoms with Crippen molar-refractivity contribution < 1.29 is 13.9 Å². The van der Waals surface area contributed by atoms with Crippen LogP contribution in [0.25, 0.3) is 0 Å². The third kappa shape index (κ3) is 8.67. The minimum atomic E-state index is -0.299. The van der Waals surface area contributed by atoms with E-state index in [2.05, 4.69) is 34.7 Å². The number of nitrogens with one attached hydrogen (secondary N) is 3. The molecule has 1 aliphatic rings. The van der Waals surface area contributed by atoms with Gasteiger partial charge >= 0.3 is 0 Å². The van der Waals surface area contributed by atoms with Crippen molar-refractivity contribution in [3.05, 3.63) is 35.6 Å². The second-order valence-corrected chi connectivity index (χ2v) is 7.76. The lowest BCUT2D eigenvalue weighted by Gasteiger charge is -2.36. The van der Waals surface area contributed by atoms with Crippen LogP contribution in [0.1, 0.15) is 26.3 Å². The van der Waals surface area contributed by atoms with Gasteiger partial charge in [0.25, 0.3) is 0 Å². The lowest BCUT2D eigenvalue weighted by Crippen LogP contribution is -2.48. The number of benzene rings is 1. The Kier molecular flexibility index (Phi) is 10.6. The summed E-state index contributed by atoms with van der Waals surface area (Å²) in [6, 6.07) is 6.36. The van der Waals surface area contributed by atoms with Gasteiger partial charge in [-0.05, 0) is 30.5 Å². The fourth-order valence-electron chi connectivity index (χ4n) is 3.42. The second-order valence-electron chi connectivity index (χ2n) is 7.76. The van der Waals surface area contributed by atoms with Gasteiger partial charge in [-0.2, -0.15) is 0 Å². The molecular formula is C22H36FN5O2. The first-order valence-electron chi connectivity index (χ1n) is 10.8. The van der Waals surface area contributed by atoms with Crippen molar-refractivity contribution in [3.8, 4) is 0 Å². The molecule has 1 amide bonds. The maximum Gasteiger partial charge on any atom is 0.224 e. The van der Waals surface area contributed by atoms with Crippen LogP contribution in [-0.2, 0) is 16.0 Å². The van der Waals surface area contributed by atoms with E-state index in [1.807, 2.05) is 6.92 Å². The summed E-state index contributed by atoms with van der Waals surface area (Å²) < 4.78 is 18.4. The first-order chi connectivity index (χ1) is 14.5. The van der Waals surface area contributed by atoms with E-state index in [0.717, 1.165) is 44.4 Å². The van der Waals surface area contributed by atoms with Crippen LogP contribution in [0, 0.1) is 11.7 Å². The average Bonchev–Trinajstić information content (AvgIpc) is 2.73. The van der Waals surface area contributed by atoms with Gasteiger partial charge in [0, 0.05) is 38.8 Å². The van der Waals surface area contributed by atoms with E-state index < -0.39 is 0 Å². The summed E-state index contributed by atoms with van der Waals surface area (Å²) in [5.41, 5.74) is 0.791. The van der Waals surface area contributed by atoms with Crippen LogP contribution >= 0.6 is 0 Å². The molecule has 1 saturated heterocycles. The Bertz CT molecular complexity index is 660. The molecule has 1 aromatic carbocycles. The molecule has 8 heteroatoms. The molecule has 1 heterocycles. The number of carbonyl (C=O) groups is 1. The number of morpholine rings is 1. The molecule has 0 spiro atoms. The number of guanidine groups is 1. The van der Waals surface area contributed by atoms with Crippen molar-refractivity contribution in [3.63, 3.8) is 0 Å². The lowest BCUT2D eigenvalue weighted by molar-refractivity contribution is -0.120. The van der Waals surface area contributed by atoms with Gasteiger partial charge in [0.15, 0.2) is 5.96 Å². The molecule has 168 valence electrons. The van der Waals surface area contributed by atoms with E-state index in [9.17, 15) is 9.18 Å². The van der Waals surface area contributed by atoms with Gasteiger partial charge < -0.3 is 20.7 Å². The maximum absolute atomic E-state index is 12.9. The summed E-state index contributed by atoms with van der Waals surface area (Å²) in [4.78, 5) is 19.3. The normalized spacial score (nSPS) is 16.4. The smallest absolute Gasteiger partial charge is 0.224 e. The molecule has 30 heavy (non-hydrogen) atoms. The van der Waals surface area contributed by atoms with Gasteiger partial charge in [0.05, 0.1) is 26.2 Å². The fourth-order valence-corrected chi connectivity index (χ4v) is 3.42. The largest absolute Gasteiger partial charge is 0.379 e. The number of rotatable bonds is 10. The Morgan fingerprint density at radius 2 is 1.80 bits per heavy atom. The van der Waals surface area contributed by atoms with Crippen LogP contribution < -0.4 is 16.0 Å². The predicted octanol–water partition coefficient (Wildman–Crippen LogP) is 1.40. The van der Waals surface area contributed by atoms with E-state index in [4.69, 9.17) is 9.73 Å². The molecule has 0 radical (unpaired) electrons. The number of amides is 1. The number of halogens is 1. The van der Waals surface area contributed by atoms with Crippen LogP contribution in [-0.4, -0.2) is 75.3 Å². The summed E-state index contributed by atoms with van der Waals surface area (Å²) in [7, 11) is 0. The van der Waals surface area contributed by atoms with Crippen molar-refractivity contribution in [2.45, 2.75) is 33.2 Å². The molecule has 1 aliphatic heterocycles. The second kappa shape index (κ2) is 13.2. The fraction of sp³-hybridized carbons (Fsp3) is 0.636. The molecule has 0 saturated carbocycles.